The van der Waals surface area contributed by atoms with Gasteiger partial charge in [-0.3, -0.25) is 9.97 Å². The highest BCUT2D eigenvalue weighted by Crippen LogP contribution is 2.30. The molecule has 0 unspecified atom stereocenters. The minimum Gasteiger partial charge on any atom is -0.253 e. The lowest BCUT2D eigenvalue weighted by Crippen LogP contribution is -1.85. The highest BCUT2D eigenvalue weighted by atomic mass is 14.8. The number of fused-ring (bicyclic) bond motifs is 4. The number of nitrogens with zero attached hydrogens (tertiary/aromatic N) is 2. The number of hydrogen-bond acceptors (Lipinski definition) is 2. The lowest BCUT2D eigenvalue weighted by atomic mass is 9.97. The first-order valence-electron chi connectivity index (χ1n) is 8.01. The van der Waals surface area contributed by atoms with Gasteiger partial charge >= 0.3 is 0 Å². The van der Waals surface area contributed by atoms with Gasteiger partial charge in [-0.2, -0.15) is 0 Å². The molecule has 1 aromatic heterocycles. The van der Waals surface area contributed by atoms with Gasteiger partial charge in [0.25, 0.3) is 0 Å². The summed E-state index contributed by atoms with van der Waals surface area (Å²) < 4.78 is 0. The molecule has 0 N–H and O–H groups in total. The largest absolute Gasteiger partial charge is 0.253 e. The van der Waals surface area contributed by atoms with Crippen LogP contribution in [0, 0.1) is 0 Å². The van der Waals surface area contributed by atoms with Gasteiger partial charge in [-0.15, -0.1) is 0 Å². The Hall–Kier alpha value is -3.26. The predicted molar refractivity (Wildman–Crippen MR) is 100.0 cm³/mol. The fourth-order valence-electron chi connectivity index (χ4n) is 3.34. The fraction of sp³-hybridized carbons (Fsp3) is 0. The third kappa shape index (κ3) is 2.04. The summed E-state index contributed by atoms with van der Waals surface area (Å²) in [5, 5.41) is 5.12. The third-order valence-electron chi connectivity index (χ3n) is 4.55. The van der Waals surface area contributed by atoms with Crippen molar-refractivity contribution in [1.82, 2.24) is 9.97 Å². The molecule has 0 aliphatic rings. The predicted octanol–water partition coefficient (Wildman–Crippen LogP) is 5.60. The van der Waals surface area contributed by atoms with E-state index in [1.54, 1.807) is 12.4 Å². The van der Waals surface area contributed by atoms with Crippen molar-refractivity contribution >= 4 is 32.6 Å². The lowest BCUT2D eigenvalue weighted by molar-refractivity contribution is 1.29. The maximum absolute atomic E-state index is 4.41. The lowest BCUT2D eigenvalue weighted by Gasteiger charge is -2.08. The first-order valence-corrected chi connectivity index (χ1v) is 8.01. The zero-order chi connectivity index (χ0) is 15.9. The van der Waals surface area contributed by atoms with E-state index in [9.17, 15) is 0 Å². The molecule has 5 rings (SSSR count). The second kappa shape index (κ2) is 5.14. The molecule has 4 aromatic carbocycles. The molecule has 0 amide bonds. The Balaban J connectivity index is 1.72. The van der Waals surface area contributed by atoms with Gasteiger partial charge in [-0.25, -0.2) is 0 Å². The summed E-state index contributed by atoms with van der Waals surface area (Å²) in [6.45, 7) is 0. The smallest absolute Gasteiger partial charge is 0.0892 e. The van der Waals surface area contributed by atoms with Crippen LogP contribution in [0.2, 0.25) is 0 Å². The van der Waals surface area contributed by atoms with Crippen LogP contribution in [0.25, 0.3) is 43.7 Å². The van der Waals surface area contributed by atoms with E-state index in [1.807, 2.05) is 6.07 Å². The maximum atomic E-state index is 4.41. The van der Waals surface area contributed by atoms with Gasteiger partial charge in [0.1, 0.15) is 0 Å². The van der Waals surface area contributed by atoms with Gasteiger partial charge in [0.05, 0.1) is 11.0 Å². The summed E-state index contributed by atoms with van der Waals surface area (Å²) in [6.07, 6.45) is 3.46. The summed E-state index contributed by atoms with van der Waals surface area (Å²) in [5.41, 5.74) is 4.21. The van der Waals surface area contributed by atoms with E-state index in [-0.39, 0.29) is 0 Å². The van der Waals surface area contributed by atoms with Crippen molar-refractivity contribution < 1.29 is 0 Å². The Bertz CT molecular complexity index is 1210. The summed E-state index contributed by atoms with van der Waals surface area (Å²) in [7, 11) is 0. The quantitative estimate of drug-likeness (QED) is 0.376. The average Bonchev–Trinajstić information content (AvgIpc) is 2.67. The van der Waals surface area contributed by atoms with Crippen molar-refractivity contribution in [2.75, 3.05) is 0 Å². The molecule has 1 heterocycles. The second-order valence-corrected chi connectivity index (χ2v) is 5.98. The van der Waals surface area contributed by atoms with Crippen LogP contribution in [-0.4, -0.2) is 9.97 Å². The third-order valence-corrected chi connectivity index (χ3v) is 4.55. The maximum Gasteiger partial charge on any atom is 0.0892 e. The standard InChI is InChI=1S/C22H14N2/c1-2-4-19-15(3-1)5-6-18-13-16(7-9-20(18)19)17-8-10-21-22(14-17)24-12-11-23-21/h1-14H. The molecule has 2 heteroatoms. The SMILES string of the molecule is c1ccc2c(c1)ccc1cc(-c3ccc4nccnc4c3)ccc12. The van der Waals surface area contributed by atoms with Crippen LogP contribution in [-0.2, 0) is 0 Å². The molecular weight excluding hydrogens is 292 g/mol. The Morgan fingerprint density at radius 1 is 0.500 bits per heavy atom. The summed E-state index contributed by atoms with van der Waals surface area (Å²) in [5.74, 6) is 0. The second-order valence-electron chi connectivity index (χ2n) is 5.98. The number of benzene rings is 4. The Morgan fingerprint density at radius 3 is 2.17 bits per heavy atom. The topological polar surface area (TPSA) is 25.8 Å². The van der Waals surface area contributed by atoms with E-state index in [2.05, 4.69) is 76.7 Å². The molecule has 0 atom stereocenters. The van der Waals surface area contributed by atoms with Crippen LogP contribution in [0.5, 0.6) is 0 Å². The summed E-state index contributed by atoms with van der Waals surface area (Å²) in [4.78, 5) is 8.75. The number of rotatable bonds is 1. The summed E-state index contributed by atoms with van der Waals surface area (Å²) in [6, 6.07) is 25.8. The molecule has 2 nitrogen and oxygen atoms in total. The highest BCUT2D eigenvalue weighted by molar-refractivity contribution is 6.08. The van der Waals surface area contributed by atoms with Crippen molar-refractivity contribution in [3.05, 3.63) is 85.2 Å². The van der Waals surface area contributed by atoms with Gasteiger partial charge in [-0.1, -0.05) is 54.6 Å². The van der Waals surface area contributed by atoms with Crippen LogP contribution in [0.3, 0.4) is 0 Å². The van der Waals surface area contributed by atoms with E-state index < -0.39 is 0 Å². The van der Waals surface area contributed by atoms with Gasteiger partial charge in [-0.05, 0) is 50.9 Å². The van der Waals surface area contributed by atoms with Crippen LogP contribution in [0.15, 0.2) is 85.2 Å². The molecule has 0 aliphatic heterocycles. The minimum atomic E-state index is 0.924. The van der Waals surface area contributed by atoms with Crippen LogP contribution >= 0.6 is 0 Å². The molecule has 0 spiro atoms. The first kappa shape index (κ1) is 13.2. The molecule has 0 saturated heterocycles. The van der Waals surface area contributed by atoms with E-state index in [4.69, 9.17) is 0 Å². The number of aromatic nitrogens is 2. The van der Waals surface area contributed by atoms with Gasteiger partial charge < -0.3 is 0 Å². The molecule has 0 bridgehead atoms. The van der Waals surface area contributed by atoms with Crippen LogP contribution < -0.4 is 0 Å². The fourth-order valence-corrected chi connectivity index (χ4v) is 3.34. The van der Waals surface area contributed by atoms with Crippen molar-refractivity contribution in [2.24, 2.45) is 0 Å². The molecule has 24 heavy (non-hydrogen) atoms. The van der Waals surface area contributed by atoms with Gasteiger partial charge in [0.2, 0.25) is 0 Å². The molecule has 0 radical (unpaired) electrons. The summed E-state index contributed by atoms with van der Waals surface area (Å²) >= 11 is 0. The molecule has 5 aromatic rings. The minimum absolute atomic E-state index is 0.924. The molecule has 0 aliphatic carbocycles. The zero-order valence-electron chi connectivity index (χ0n) is 13.0. The molecule has 0 saturated carbocycles. The first-order chi connectivity index (χ1) is 11.9. The molecular formula is C22H14N2. The van der Waals surface area contributed by atoms with Crippen molar-refractivity contribution in [2.45, 2.75) is 0 Å². The molecule has 112 valence electrons. The van der Waals surface area contributed by atoms with Crippen LogP contribution in [0.1, 0.15) is 0 Å². The van der Waals surface area contributed by atoms with Gasteiger partial charge in [0.15, 0.2) is 0 Å². The Morgan fingerprint density at radius 2 is 1.21 bits per heavy atom. The van der Waals surface area contributed by atoms with Crippen molar-refractivity contribution in [1.29, 1.82) is 0 Å². The zero-order valence-corrected chi connectivity index (χ0v) is 13.0. The van der Waals surface area contributed by atoms with Crippen LogP contribution in [0.4, 0.5) is 0 Å². The van der Waals surface area contributed by atoms with E-state index in [0.29, 0.717) is 0 Å². The normalized spacial score (nSPS) is 11.3. The highest BCUT2D eigenvalue weighted by Gasteiger charge is 2.04. The van der Waals surface area contributed by atoms with Crippen molar-refractivity contribution in [3.63, 3.8) is 0 Å². The van der Waals surface area contributed by atoms with E-state index in [0.717, 1.165) is 16.6 Å². The monoisotopic (exact) mass is 306 g/mol. The average molecular weight is 306 g/mol. The van der Waals surface area contributed by atoms with Gasteiger partial charge in [0, 0.05) is 12.4 Å². The molecule has 0 fully saturated rings. The van der Waals surface area contributed by atoms with Crippen molar-refractivity contribution in [3.8, 4) is 11.1 Å². The van der Waals surface area contributed by atoms with E-state index in [1.165, 1.54) is 27.1 Å². The Kier molecular flexibility index (Phi) is 2.83. The number of hydrogen-bond donors (Lipinski definition) is 0. The van der Waals surface area contributed by atoms with E-state index >= 15 is 0 Å². The Labute approximate surface area is 139 Å².